The van der Waals surface area contributed by atoms with E-state index in [-0.39, 0.29) is 47.0 Å². The van der Waals surface area contributed by atoms with Crippen molar-refractivity contribution in [3.05, 3.63) is 82.9 Å². The molecule has 0 aliphatic heterocycles. The summed E-state index contributed by atoms with van der Waals surface area (Å²) in [4.78, 5) is 11.5. The third-order valence-electron chi connectivity index (χ3n) is 5.43. The number of esters is 1. The number of fused-ring (bicyclic) bond motifs is 1. The molecule has 10 heteroatoms. The Balaban J connectivity index is 0.00000342. The number of azo groups is 1. The van der Waals surface area contributed by atoms with Gasteiger partial charge in [0.2, 0.25) is 0 Å². The van der Waals surface area contributed by atoms with Gasteiger partial charge in [0, 0.05) is 0 Å². The van der Waals surface area contributed by atoms with Gasteiger partial charge in [0.05, 0.1) is 22.8 Å². The molecule has 0 unspecified atom stereocenters. The zero-order chi connectivity index (χ0) is 24.1. The first-order valence-electron chi connectivity index (χ1n) is 10.9. The fourth-order valence-corrected chi connectivity index (χ4v) is 4.16. The average Bonchev–Trinajstić information content (AvgIpc) is 3.28. The zero-order valence-corrected chi connectivity index (χ0v) is 22.4. The van der Waals surface area contributed by atoms with E-state index in [2.05, 4.69) is 10.2 Å². The van der Waals surface area contributed by atoms with Gasteiger partial charge in [0.25, 0.3) is 0 Å². The molecule has 0 bridgehead atoms. The van der Waals surface area contributed by atoms with Crippen molar-refractivity contribution < 1.29 is 56.8 Å². The Labute approximate surface area is 226 Å². The van der Waals surface area contributed by atoms with E-state index in [1.54, 1.807) is 19.1 Å². The Morgan fingerprint density at radius 1 is 0.971 bits per heavy atom. The summed E-state index contributed by atoms with van der Waals surface area (Å²) < 4.78 is 44.4. The van der Waals surface area contributed by atoms with Gasteiger partial charge in [-0.15, -0.1) is 5.11 Å². The van der Waals surface area contributed by atoms with Gasteiger partial charge in [-0.05, 0) is 91.4 Å². The summed E-state index contributed by atoms with van der Waals surface area (Å²) in [6, 6.07) is 16.2. The number of hydrogen-bond acceptors (Lipinski definition) is 8. The number of aryl methyl sites for hydroxylation is 2. The molecule has 3 aromatic rings. The van der Waals surface area contributed by atoms with Gasteiger partial charge in [0.15, 0.2) is 0 Å². The summed E-state index contributed by atoms with van der Waals surface area (Å²) in [6.07, 6.45) is 3.00. The van der Waals surface area contributed by atoms with Gasteiger partial charge in [-0.3, -0.25) is 0 Å². The number of nitrogens with zero attached hydrogens (tertiary/aromatic N) is 2. The topological polar surface area (TPSA) is 117 Å². The van der Waals surface area contributed by atoms with Gasteiger partial charge in [-0.2, -0.15) is 5.11 Å². The van der Waals surface area contributed by atoms with Crippen LogP contribution in [-0.2, 0) is 34.3 Å². The third-order valence-corrected chi connectivity index (χ3v) is 6.28. The minimum atomic E-state index is -4.51. The first-order valence-corrected chi connectivity index (χ1v) is 12.3. The number of ether oxygens (including phenoxy) is 2. The third kappa shape index (κ3) is 6.99. The van der Waals surface area contributed by atoms with E-state index in [1.165, 1.54) is 35.4 Å². The van der Waals surface area contributed by atoms with Crippen LogP contribution in [0, 0.1) is 0 Å². The van der Waals surface area contributed by atoms with E-state index < -0.39 is 10.1 Å². The summed E-state index contributed by atoms with van der Waals surface area (Å²) in [5, 5.41) is 8.51. The number of carbonyl (C=O) groups excluding carboxylic acids is 1. The van der Waals surface area contributed by atoms with Crippen molar-refractivity contribution in [1.82, 2.24) is 0 Å². The van der Waals surface area contributed by atoms with Gasteiger partial charge in [-0.1, -0.05) is 12.1 Å². The molecular weight excluding hydrogens is 479 g/mol. The minimum Gasteiger partial charge on any atom is -0.744 e. The monoisotopic (exact) mass is 502 g/mol. The van der Waals surface area contributed by atoms with E-state index in [1.807, 2.05) is 24.3 Å². The van der Waals surface area contributed by atoms with Crippen molar-refractivity contribution >= 4 is 27.5 Å². The normalized spacial score (nSPS) is 12.7. The summed E-state index contributed by atoms with van der Waals surface area (Å²) in [6.45, 7) is 2.36. The second kappa shape index (κ2) is 11.9. The standard InChI is InChI=1S/C25H24N2O6S.Na/c1-2-32-25(28)18-8-6-17(7-9-18)16-33-24-15-20-5-3-4-19(20)14-23(24)27-26-21-10-12-22(13-11-21)34(29,30)31;/h6-15H,2-5,16H2,1H3,(H,29,30,31);/q;+1/p-1. The molecule has 3 aromatic carbocycles. The molecule has 0 fully saturated rings. The Morgan fingerprint density at radius 2 is 1.63 bits per heavy atom. The number of hydrogen-bond donors (Lipinski definition) is 0. The second-order valence-corrected chi connectivity index (χ2v) is 9.18. The van der Waals surface area contributed by atoms with E-state index in [0.717, 1.165) is 24.8 Å². The zero-order valence-electron chi connectivity index (χ0n) is 19.6. The smallest absolute Gasteiger partial charge is 0.744 e. The number of carbonyl (C=O) groups is 1. The molecule has 0 amide bonds. The molecule has 176 valence electrons. The van der Waals surface area contributed by atoms with Crippen LogP contribution >= 0.6 is 0 Å². The van der Waals surface area contributed by atoms with Crippen LogP contribution in [0.5, 0.6) is 5.75 Å². The second-order valence-electron chi connectivity index (χ2n) is 7.80. The molecule has 0 saturated heterocycles. The summed E-state index contributed by atoms with van der Waals surface area (Å²) in [5.41, 5.74) is 4.75. The van der Waals surface area contributed by atoms with Gasteiger partial charge >= 0.3 is 35.5 Å². The maximum atomic E-state index is 11.8. The molecule has 35 heavy (non-hydrogen) atoms. The van der Waals surface area contributed by atoms with Crippen LogP contribution in [0.2, 0.25) is 0 Å². The van der Waals surface area contributed by atoms with Crippen molar-refractivity contribution in [3.63, 3.8) is 0 Å². The van der Waals surface area contributed by atoms with Gasteiger partial charge in [-0.25, -0.2) is 13.2 Å². The molecule has 0 aromatic heterocycles. The SMILES string of the molecule is CCOC(=O)c1ccc(COc2cc3c(cc2N=Nc2ccc(S(=O)(=O)[O-])cc2)CCC3)cc1.[Na+]. The number of benzene rings is 3. The molecule has 0 heterocycles. The summed E-state index contributed by atoms with van der Waals surface area (Å²) >= 11 is 0. The van der Waals surface area contributed by atoms with Crippen LogP contribution in [0.1, 0.15) is 40.4 Å². The Morgan fingerprint density at radius 3 is 2.26 bits per heavy atom. The molecule has 1 aliphatic rings. The maximum absolute atomic E-state index is 11.8. The van der Waals surface area contributed by atoms with Crippen LogP contribution < -0.4 is 34.3 Å². The van der Waals surface area contributed by atoms with Crippen molar-refractivity contribution in [2.24, 2.45) is 10.2 Å². The van der Waals surface area contributed by atoms with E-state index in [4.69, 9.17) is 9.47 Å². The molecule has 1 aliphatic carbocycles. The van der Waals surface area contributed by atoms with Crippen molar-refractivity contribution in [3.8, 4) is 5.75 Å². The average molecular weight is 503 g/mol. The molecule has 0 N–H and O–H groups in total. The van der Waals surface area contributed by atoms with Crippen molar-refractivity contribution in [1.29, 1.82) is 0 Å². The molecule has 0 radical (unpaired) electrons. The minimum absolute atomic E-state index is 0. The van der Waals surface area contributed by atoms with E-state index in [0.29, 0.717) is 29.3 Å². The molecule has 0 saturated carbocycles. The Bertz CT molecular complexity index is 1320. The van der Waals surface area contributed by atoms with Crippen LogP contribution in [0.3, 0.4) is 0 Å². The number of rotatable bonds is 8. The molecule has 0 spiro atoms. The predicted octanol–water partition coefficient (Wildman–Crippen LogP) is 2.25. The molecular formula is C25H23N2NaO6S. The van der Waals surface area contributed by atoms with Crippen molar-refractivity contribution in [2.75, 3.05) is 6.61 Å². The fraction of sp³-hybridized carbons (Fsp3) is 0.240. The van der Waals surface area contributed by atoms with Gasteiger partial charge in [0.1, 0.15) is 28.2 Å². The summed E-state index contributed by atoms with van der Waals surface area (Å²) in [5.74, 6) is 0.217. The van der Waals surface area contributed by atoms with E-state index in [9.17, 15) is 17.8 Å². The molecule has 8 nitrogen and oxygen atoms in total. The quantitative estimate of drug-likeness (QED) is 0.202. The van der Waals surface area contributed by atoms with Gasteiger partial charge < -0.3 is 14.0 Å². The van der Waals surface area contributed by atoms with Crippen LogP contribution in [0.25, 0.3) is 0 Å². The fourth-order valence-electron chi connectivity index (χ4n) is 3.69. The Kier molecular flexibility index (Phi) is 9.21. The van der Waals surface area contributed by atoms with Crippen molar-refractivity contribution in [2.45, 2.75) is 37.7 Å². The van der Waals surface area contributed by atoms with Crippen LogP contribution in [0.4, 0.5) is 11.4 Å². The first kappa shape index (κ1) is 27.0. The summed E-state index contributed by atoms with van der Waals surface area (Å²) in [7, 11) is -4.51. The predicted molar refractivity (Wildman–Crippen MR) is 124 cm³/mol. The molecule has 4 rings (SSSR count). The van der Waals surface area contributed by atoms with Crippen LogP contribution in [0.15, 0.2) is 75.8 Å². The molecule has 0 atom stereocenters. The van der Waals surface area contributed by atoms with Crippen LogP contribution in [-0.4, -0.2) is 25.5 Å². The first-order chi connectivity index (χ1) is 16.3. The Hall–Kier alpha value is -2.56. The largest absolute Gasteiger partial charge is 1.00 e. The maximum Gasteiger partial charge on any atom is 1.00 e. The van der Waals surface area contributed by atoms with E-state index >= 15 is 0 Å².